The van der Waals surface area contributed by atoms with Gasteiger partial charge in [0.15, 0.2) is 5.78 Å². The van der Waals surface area contributed by atoms with Gasteiger partial charge in [0.2, 0.25) is 0 Å². The number of ketones is 1. The molecule has 4 N–H and O–H groups in total. The van der Waals surface area contributed by atoms with Crippen molar-refractivity contribution in [2.45, 2.75) is 57.8 Å². The lowest BCUT2D eigenvalue weighted by molar-refractivity contribution is -0.127. The van der Waals surface area contributed by atoms with Gasteiger partial charge in [-0.1, -0.05) is 31.2 Å². The highest BCUT2D eigenvalue weighted by molar-refractivity contribution is 5.97. The summed E-state index contributed by atoms with van der Waals surface area (Å²) >= 11 is 0. The second-order valence-electron chi connectivity index (χ2n) is 7.59. The average molecular weight is 418 g/mol. The van der Waals surface area contributed by atoms with E-state index in [1.165, 1.54) is 18.2 Å². The van der Waals surface area contributed by atoms with E-state index >= 15 is 0 Å². The van der Waals surface area contributed by atoms with Crippen LogP contribution < -0.4 is 0 Å². The van der Waals surface area contributed by atoms with Gasteiger partial charge in [-0.3, -0.25) is 4.79 Å². The fraction of sp³-hybridized carbons (Fsp3) is 0.478. The molecule has 0 saturated heterocycles. The van der Waals surface area contributed by atoms with E-state index in [2.05, 4.69) is 0 Å². The van der Waals surface area contributed by atoms with Crippen molar-refractivity contribution < 1.29 is 34.8 Å². The smallest absolute Gasteiger partial charge is 0.342 e. The van der Waals surface area contributed by atoms with Crippen LogP contribution in [-0.4, -0.2) is 57.1 Å². The first kappa shape index (κ1) is 23.8. The van der Waals surface area contributed by atoms with Crippen LogP contribution in [0.15, 0.2) is 30.4 Å². The lowest BCUT2D eigenvalue weighted by Gasteiger charge is -2.21. The molecular weight excluding hydrogens is 388 g/mol. The van der Waals surface area contributed by atoms with Gasteiger partial charge >= 0.3 is 5.97 Å². The Balaban J connectivity index is 2.50. The van der Waals surface area contributed by atoms with Crippen LogP contribution in [0.1, 0.15) is 54.6 Å². The molecule has 0 saturated carbocycles. The van der Waals surface area contributed by atoms with Gasteiger partial charge in [-0.15, -0.1) is 0 Å². The van der Waals surface area contributed by atoms with Crippen LogP contribution in [0.2, 0.25) is 0 Å². The lowest BCUT2D eigenvalue weighted by atomic mass is 9.94. The van der Waals surface area contributed by atoms with Crippen LogP contribution >= 0.6 is 0 Å². The molecular formula is C23H30O7. The fourth-order valence-electron chi connectivity index (χ4n) is 3.18. The highest BCUT2D eigenvalue weighted by atomic mass is 16.5. The number of hydrogen-bond donors (Lipinski definition) is 4. The van der Waals surface area contributed by atoms with Gasteiger partial charge in [-0.25, -0.2) is 4.79 Å². The van der Waals surface area contributed by atoms with Gasteiger partial charge in [0.1, 0.15) is 23.5 Å². The lowest BCUT2D eigenvalue weighted by Crippen LogP contribution is -2.32. The minimum atomic E-state index is -1.56. The highest BCUT2D eigenvalue weighted by Crippen LogP contribution is 2.29. The van der Waals surface area contributed by atoms with Crippen LogP contribution in [0.25, 0.3) is 6.08 Å². The van der Waals surface area contributed by atoms with Gasteiger partial charge in [0, 0.05) is 12.5 Å². The predicted molar refractivity (Wildman–Crippen MR) is 112 cm³/mol. The summed E-state index contributed by atoms with van der Waals surface area (Å²) in [5.41, 5.74) is 1.26. The number of aliphatic hydroxyl groups is 3. The summed E-state index contributed by atoms with van der Waals surface area (Å²) in [6.45, 7) is 3.48. The number of phenolic OH excluding ortho intramolecular Hbond substituents is 1. The molecule has 0 aliphatic carbocycles. The van der Waals surface area contributed by atoms with Crippen LogP contribution in [-0.2, 0) is 16.0 Å². The van der Waals surface area contributed by atoms with E-state index in [-0.39, 0.29) is 30.3 Å². The Morgan fingerprint density at radius 1 is 1.10 bits per heavy atom. The van der Waals surface area contributed by atoms with Gasteiger partial charge in [-0.2, -0.15) is 0 Å². The Hall–Kier alpha value is -2.48. The molecule has 164 valence electrons. The molecule has 0 radical (unpaired) electrons. The number of aryl methyl sites for hydroxylation is 1. The van der Waals surface area contributed by atoms with Crippen LogP contribution in [0.4, 0.5) is 0 Å². The second kappa shape index (κ2) is 11.1. The minimum absolute atomic E-state index is 0.0209. The molecule has 7 nitrogen and oxygen atoms in total. The Morgan fingerprint density at radius 2 is 1.83 bits per heavy atom. The zero-order chi connectivity index (χ0) is 22.3. The number of ether oxygens (including phenoxy) is 1. The summed E-state index contributed by atoms with van der Waals surface area (Å²) in [5, 5.41) is 39.6. The van der Waals surface area contributed by atoms with Crippen LogP contribution in [0.3, 0.4) is 0 Å². The summed E-state index contributed by atoms with van der Waals surface area (Å²) in [6.07, 6.45) is 4.19. The van der Waals surface area contributed by atoms with E-state index in [1.54, 1.807) is 32.1 Å². The van der Waals surface area contributed by atoms with Crippen molar-refractivity contribution >= 4 is 17.8 Å². The SMILES string of the molecule is CC1/C=C\C(=O)C(O)[C@@H](O)C/C=C/c2c(CCCCO)ccc(O)c2C(=O)O[C@H]1C. The van der Waals surface area contributed by atoms with Gasteiger partial charge < -0.3 is 25.2 Å². The number of unbranched alkanes of at least 4 members (excludes halogenated alkanes) is 1. The third-order valence-electron chi connectivity index (χ3n) is 5.29. The quantitative estimate of drug-likeness (QED) is 0.436. The number of benzene rings is 1. The highest BCUT2D eigenvalue weighted by Gasteiger charge is 2.25. The predicted octanol–water partition coefficient (Wildman–Crippen LogP) is 2.15. The third kappa shape index (κ3) is 6.01. The number of aliphatic hydroxyl groups excluding tert-OH is 3. The zero-order valence-corrected chi connectivity index (χ0v) is 17.3. The van der Waals surface area contributed by atoms with E-state index in [4.69, 9.17) is 9.84 Å². The maximum atomic E-state index is 12.9. The molecule has 2 unspecified atom stereocenters. The monoisotopic (exact) mass is 418 g/mol. The molecule has 4 atom stereocenters. The van der Waals surface area contributed by atoms with Crippen molar-refractivity contribution in [2.75, 3.05) is 6.61 Å². The molecule has 0 spiro atoms. The number of cyclic esters (lactones) is 1. The minimum Gasteiger partial charge on any atom is -0.507 e. The van der Waals surface area contributed by atoms with Crippen molar-refractivity contribution in [3.8, 4) is 5.75 Å². The van der Waals surface area contributed by atoms with E-state index in [9.17, 15) is 24.9 Å². The Morgan fingerprint density at radius 3 is 2.53 bits per heavy atom. The molecule has 0 bridgehead atoms. The standard InChI is InChI=1S/C23H30O7/c1-14-9-11-20(27)22(28)19(26)8-5-7-17-16(6-3-4-13-24)10-12-18(25)21(17)23(29)30-15(14)2/h5,7,9-12,14-15,19,22,24-26,28H,3-4,6,8,13H2,1-2H3/b7-5+,11-9-/t14?,15-,19-,22?/m0/s1. The summed E-state index contributed by atoms with van der Waals surface area (Å²) in [6, 6.07) is 3.15. The number of rotatable bonds is 4. The van der Waals surface area contributed by atoms with Crippen molar-refractivity contribution in [1.29, 1.82) is 0 Å². The molecule has 0 amide bonds. The maximum absolute atomic E-state index is 12.9. The molecule has 2 rings (SSSR count). The first-order chi connectivity index (χ1) is 14.3. The maximum Gasteiger partial charge on any atom is 0.342 e. The number of fused-ring (bicyclic) bond motifs is 1. The number of hydrogen-bond acceptors (Lipinski definition) is 7. The van der Waals surface area contributed by atoms with Crippen LogP contribution in [0, 0.1) is 5.92 Å². The van der Waals surface area contributed by atoms with Gasteiger partial charge in [0.25, 0.3) is 0 Å². The summed E-state index contributed by atoms with van der Waals surface area (Å²) < 4.78 is 5.53. The summed E-state index contributed by atoms with van der Waals surface area (Å²) in [5.74, 6) is -1.86. The average Bonchev–Trinajstić information content (AvgIpc) is 2.71. The van der Waals surface area contributed by atoms with Crippen molar-refractivity contribution in [3.63, 3.8) is 0 Å². The molecule has 30 heavy (non-hydrogen) atoms. The third-order valence-corrected chi connectivity index (χ3v) is 5.29. The van der Waals surface area contributed by atoms with E-state index in [0.29, 0.717) is 24.8 Å². The summed E-state index contributed by atoms with van der Waals surface area (Å²) in [7, 11) is 0. The topological polar surface area (TPSA) is 124 Å². The Labute approximate surface area is 176 Å². The number of phenols is 1. The number of aromatic hydroxyl groups is 1. The molecule has 7 heteroatoms. The molecule has 1 aromatic rings. The molecule has 1 heterocycles. The van der Waals surface area contributed by atoms with Crippen molar-refractivity contribution in [1.82, 2.24) is 0 Å². The van der Waals surface area contributed by atoms with Gasteiger partial charge in [-0.05, 0) is 55.9 Å². The molecule has 1 aliphatic heterocycles. The molecule has 0 fully saturated rings. The molecule has 1 aliphatic rings. The zero-order valence-electron chi connectivity index (χ0n) is 17.3. The van der Waals surface area contributed by atoms with Crippen LogP contribution in [0.5, 0.6) is 5.75 Å². The number of carbonyl (C=O) groups excluding carboxylic acids is 2. The molecule has 0 aromatic heterocycles. The van der Waals surface area contributed by atoms with Crippen molar-refractivity contribution in [2.24, 2.45) is 5.92 Å². The number of esters is 1. The van der Waals surface area contributed by atoms with E-state index in [1.807, 2.05) is 0 Å². The van der Waals surface area contributed by atoms with E-state index < -0.39 is 30.1 Å². The first-order valence-corrected chi connectivity index (χ1v) is 10.2. The largest absolute Gasteiger partial charge is 0.507 e. The second-order valence-corrected chi connectivity index (χ2v) is 7.59. The normalized spacial score (nSPS) is 27.6. The first-order valence-electron chi connectivity index (χ1n) is 10.2. The molecule has 1 aromatic carbocycles. The summed E-state index contributed by atoms with van der Waals surface area (Å²) in [4.78, 5) is 25.0. The van der Waals surface area contributed by atoms with E-state index in [0.717, 1.165) is 5.56 Å². The number of carbonyl (C=O) groups is 2. The Bertz CT molecular complexity index is 812. The van der Waals surface area contributed by atoms with Gasteiger partial charge in [0.05, 0.1) is 6.10 Å². The van der Waals surface area contributed by atoms with Crippen molar-refractivity contribution in [3.05, 3.63) is 47.1 Å². The Kier molecular flexibility index (Phi) is 8.77. The fourth-order valence-corrected chi connectivity index (χ4v) is 3.18.